The molecule has 10 heavy (non-hydrogen) atoms. The van der Waals surface area contributed by atoms with Crippen LogP contribution in [0.1, 0.15) is 0 Å². The highest BCUT2D eigenvalue weighted by molar-refractivity contribution is 9.13. The third-order valence-corrected chi connectivity index (χ3v) is 6.02. The molecule has 1 N–H and O–H groups in total. The van der Waals surface area contributed by atoms with Crippen LogP contribution in [-0.2, 0) is 0 Å². The Labute approximate surface area is 85.3 Å². The molecular weight excluding hydrogens is 330 g/mol. The van der Waals surface area contributed by atoms with Gasteiger partial charge in [0.2, 0.25) is 0 Å². The number of halogens is 3. The molecule has 0 aliphatic carbocycles. The smallest absolute Gasteiger partial charge is 0.0907 e. The van der Waals surface area contributed by atoms with Gasteiger partial charge in [0, 0.05) is 0 Å². The Kier molecular flexibility index (Phi) is 3.63. The Balaban J connectivity index is 2.49. The minimum Gasteiger partial charge on any atom is -0.634 e. The first-order valence-corrected chi connectivity index (χ1v) is 5.80. The summed E-state index contributed by atoms with van der Waals surface area (Å²) in [5, 5.41) is 11.3. The zero-order chi connectivity index (χ0) is 7.72. The highest BCUT2D eigenvalue weighted by atomic mass is 79.9. The Bertz CT molecular complexity index is 111. The standard InChI is InChI=1S/C5H8Br3NO/c6-3-1-9(10)2-4(7)5(3)8/h3-5,9H,1-2H2. The van der Waals surface area contributed by atoms with Crippen LogP contribution in [0.3, 0.4) is 0 Å². The van der Waals surface area contributed by atoms with Gasteiger partial charge in [0.15, 0.2) is 0 Å². The lowest BCUT2D eigenvalue weighted by atomic mass is 10.2. The van der Waals surface area contributed by atoms with E-state index < -0.39 is 0 Å². The monoisotopic (exact) mass is 335 g/mol. The number of piperidine rings is 1. The van der Waals surface area contributed by atoms with Gasteiger partial charge in [-0.3, -0.25) is 0 Å². The number of hydrogen-bond donors (Lipinski definition) is 1. The predicted octanol–water partition coefficient (Wildman–Crippen LogP) is 0.673. The van der Waals surface area contributed by atoms with Crippen molar-refractivity contribution in [3.63, 3.8) is 0 Å². The first-order chi connectivity index (χ1) is 4.61. The molecule has 0 aromatic heterocycles. The molecule has 1 aliphatic rings. The summed E-state index contributed by atoms with van der Waals surface area (Å²) in [6.07, 6.45) is 0. The third kappa shape index (κ3) is 2.17. The molecule has 1 fully saturated rings. The first-order valence-electron chi connectivity index (χ1n) is 3.05. The maximum absolute atomic E-state index is 10.9. The minimum atomic E-state index is 0.290. The minimum absolute atomic E-state index is 0.290. The van der Waals surface area contributed by atoms with Crippen LogP contribution in [0.25, 0.3) is 0 Å². The molecule has 0 aromatic rings. The fourth-order valence-corrected chi connectivity index (χ4v) is 3.21. The van der Waals surface area contributed by atoms with E-state index in [2.05, 4.69) is 47.8 Å². The van der Waals surface area contributed by atoms with Crippen LogP contribution in [0.2, 0.25) is 0 Å². The zero-order valence-electron chi connectivity index (χ0n) is 5.19. The fourth-order valence-electron chi connectivity index (χ4n) is 0.970. The van der Waals surface area contributed by atoms with E-state index in [1.807, 2.05) is 0 Å². The van der Waals surface area contributed by atoms with Crippen LogP contribution in [0, 0.1) is 5.21 Å². The second-order valence-electron chi connectivity index (χ2n) is 2.42. The van der Waals surface area contributed by atoms with Crippen molar-refractivity contribution in [2.24, 2.45) is 0 Å². The summed E-state index contributed by atoms with van der Waals surface area (Å²) >= 11 is 10.4. The Morgan fingerprint density at radius 2 is 1.50 bits per heavy atom. The Morgan fingerprint density at radius 3 is 1.90 bits per heavy atom. The van der Waals surface area contributed by atoms with Crippen LogP contribution in [-0.4, -0.2) is 27.6 Å². The number of alkyl halides is 3. The second-order valence-corrected chi connectivity index (χ2v) is 5.83. The molecule has 0 saturated carbocycles. The third-order valence-electron chi connectivity index (χ3n) is 1.54. The van der Waals surface area contributed by atoms with Crippen LogP contribution >= 0.6 is 47.8 Å². The van der Waals surface area contributed by atoms with E-state index in [9.17, 15) is 5.21 Å². The molecule has 2 unspecified atom stereocenters. The highest BCUT2D eigenvalue weighted by Crippen LogP contribution is 2.23. The normalized spacial score (nSPS) is 49.2. The summed E-state index contributed by atoms with van der Waals surface area (Å²) in [5.41, 5.74) is 0. The van der Waals surface area contributed by atoms with Gasteiger partial charge in [0.1, 0.15) is 0 Å². The summed E-state index contributed by atoms with van der Waals surface area (Å²) in [6.45, 7) is 1.30. The fraction of sp³-hybridized carbons (Fsp3) is 1.00. The van der Waals surface area contributed by atoms with Crippen LogP contribution < -0.4 is 5.06 Å². The largest absolute Gasteiger partial charge is 0.634 e. The number of hydrogen-bond acceptors (Lipinski definition) is 1. The molecule has 2 atom stereocenters. The van der Waals surface area contributed by atoms with Crippen molar-refractivity contribution in [2.45, 2.75) is 14.5 Å². The van der Waals surface area contributed by atoms with Crippen molar-refractivity contribution in [3.8, 4) is 0 Å². The van der Waals surface area contributed by atoms with E-state index in [0.29, 0.717) is 23.0 Å². The molecule has 60 valence electrons. The lowest BCUT2D eigenvalue weighted by molar-refractivity contribution is -0.850. The van der Waals surface area contributed by atoms with Gasteiger partial charge in [-0.25, -0.2) is 0 Å². The lowest BCUT2D eigenvalue weighted by Crippen LogP contribution is -3.11. The predicted molar refractivity (Wildman–Crippen MR) is 52.2 cm³/mol. The van der Waals surface area contributed by atoms with E-state index in [-0.39, 0.29) is 9.65 Å². The molecule has 1 aliphatic heterocycles. The lowest BCUT2D eigenvalue weighted by Gasteiger charge is -2.36. The summed E-state index contributed by atoms with van der Waals surface area (Å²) in [5.74, 6) is 0. The molecular formula is C5H8Br3NO. The van der Waals surface area contributed by atoms with Gasteiger partial charge in [0.05, 0.1) is 27.6 Å². The maximum atomic E-state index is 10.9. The Hall–Kier alpha value is 1.36. The van der Waals surface area contributed by atoms with Gasteiger partial charge in [-0.1, -0.05) is 47.8 Å². The van der Waals surface area contributed by atoms with Gasteiger partial charge in [-0.05, 0) is 0 Å². The average molecular weight is 338 g/mol. The van der Waals surface area contributed by atoms with Crippen LogP contribution in [0.5, 0.6) is 0 Å². The van der Waals surface area contributed by atoms with Gasteiger partial charge >= 0.3 is 0 Å². The van der Waals surface area contributed by atoms with Crippen LogP contribution in [0.15, 0.2) is 0 Å². The molecule has 0 aromatic carbocycles. The van der Waals surface area contributed by atoms with E-state index >= 15 is 0 Å². The first kappa shape index (κ1) is 9.45. The van der Waals surface area contributed by atoms with Gasteiger partial charge in [0.25, 0.3) is 0 Å². The quantitative estimate of drug-likeness (QED) is 0.511. The van der Waals surface area contributed by atoms with Crippen molar-refractivity contribution in [2.75, 3.05) is 13.1 Å². The van der Waals surface area contributed by atoms with Crippen molar-refractivity contribution in [1.82, 2.24) is 0 Å². The molecule has 1 saturated heterocycles. The van der Waals surface area contributed by atoms with Crippen molar-refractivity contribution >= 4 is 47.8 Å². The number of hydroxylamine groups is 2. The van der Waals surface area contributed by atoms with E-state index in [0.717, 1.165) is 0 Å². The van der Waals surface area contributed by atoms with Gasteiger partial charge in [-0.15, -0.1) is 0 Å². The van der Waals surface area contributed by atoms with E-state index in [1.54, 1.807) is 0 Å². The molecule has 0 amide bonds. The zero-order valence-corrected chi connectivity index (χ0v) is 9.95. The summed E-state index contributed by atoms with van der Waals surface area (Å²) in [7, 11) is 0. The number of rotatable bonds is 0. The summed E-state index contributed by atoms with van der Waals surface area (Å²) < 4.78 is 0. The summed E-state index contributed by atoms with van der Waals surface area (Å²) in [4.78, 5) is 0.960. The molecule has 1 rings (SSSR count). The van der Waals surface area contributed by atoms with Gasteiger partial charge in [-0.2, -0.15) is 0 Å². The van der Waals surface area contributed by atoms with Gasteiger partial charge < -0.3 is 10.3 Å². The van der Waals surface area contributed by atoms with E-state index in [4.69, 9.17) is 0 Å². The molecule has 0 bridgehead atoms. The number of nitrogens with one attached hydrogen (secondary N) is 1. The van der Waals surface area contributed by atoms with Crippen LogP contribution in [0.4, 0.5) is 0 Å². The van der Waals surface area contributed by atoms with Crippen molar-refractivity contribution in [1.29, 1.82) is 0 Å². The van der Waals surface area contributed by atoms with Crippen molar-refractivity contribution < 1.29 is 5.06 Å². The molecule has 2 nitrogen and oxygen atoms in total. The highest BCUT2D eigenvalue weighted by Gasteiger charge is 2.32. The molecule has 0 radical (unpaired) electrons. The average Bonchev–Trinajstić information content (AvgIpc) is 1.82. The topological polar surface area (TPSA) is 27.5 Å². The Morgan fingerprint density at radius 1 is 1.10 bits per heavy atom. The molecule has 5 heteroatoms. The second kappa shape index (κ2) is 3.85. The number of quaternary nitrogens is 1. The maximum Gasteiger partial charge on any atom is 0.0907 e. The SMILES string of the molecule is [O-][NH+]1CC(Br)C(Br)C(Br)C1. The van der Waals surface area contributed by atoms with E-state index in [1.165, 1.54) is 0 Å². The van der Waals surface area contributed by atoms with Crippen molar-refractivity contribution in [3.05, 3.63) is 5.21 Å². The summed E-state index contributed by atoms with van der Waals surface area (Å²) in [6, 6.07) is 0. The molecule has 0 spiro atoms. The molecule has 1 heterocycles.